The average Bonchev–Trinajstić information content (AvgIpc) is 3.38. The zero-order valence-corrected chi connectivity index (χ0v) is 15.3. The molecule has 0 bridgehead atoms. The van der Waals surface area contributed by atoms with Gasteiger partial charge in [-0.3, -0.25) is 5.10 Å². The van der Waals surface area contributed by atoms with Crippen molar-refractivity contribution in [1.29, 1.82) is 5.26 Å². The quantitative estimate of drug-likeness (QED) is 0.628. The molecule has 1 saturated carbocycles. The molecule has 1 heterocycles. The smallest absolute Gasteiger partial charge is 0.208 e. The van der Waals surface area contributed by atoms with Crippen LogP contribution in [0.15, 0.2) is 53.7 Å². The molecule has 130 valence electrons. The SMILES string of the molecule is N#Cc1ccccc1-c1ccc(CSc2n[nH]c(C3CCCC3)n2)cc1. The van der Waals surface area contributed by atoms with Gasteiger partial charge in [0.05, 0.1) is 11.6 Å². The van der Waals surface area contributed by atoms with Crippen LogP contribution in [0.2, 0.25) is 0 Å². The Balaban J connectivity index is 1.41. The molecule has 0 spiro atoms. The largest absolute Gasteiger partial charge is 0.262 e. The van der Waals surface area contributed by atoms with Crippen LogP contribution in [0, 0.1) is 11.3 Å². The number of aromatic nitrogens is 3. The molecule has 0 amide bonds. The lowest BCUT2D eigenvalue weighted by molar-refractivity contribution is 0.671. The van der Waals surface area contributed by atoms with Crippen molar-refractivity contribution >= 4 is 11.8 Å². The van der Waals surface area contributed by atoms with Crippen LogP contribution < -0.4 is 0 Å². The Kier molecular flexibility index (Phi) is 5.03. The van der Waals surface area contributed by atoms with E-state index in [0.29, 0.717) is 11.5 Å². The van der Waals surface area contributed by atoms with E-state index in [1.54, 1.807) is 11.8 Å². The van der Waals surface area contributed by atoms with Crippen LogP contribution >= 0.6 is 11.8 Å². The Morgan fingerprint density at radius 3 is 2.62 bits per heavy atom. The van der Waals surface area contributed by atoms with Crippen LogP contribution in [0.3, 0.4) is 0 Å². The summed E-state index contributed by atoms with van der Waals surface area (Å²) in [6.45, 7) is 0. The molecule has 2 aromatic carbocycles. The molecule has 0 atom stereocenters. The second kappa shape index (κ2) is 7.76. The van der Waals surface area contributed by atoms with Gasteiger partial charge in [-0.1, -0.05) is 67.1 Å². The maximum atomic E-state index is 9.25. The van der Waals surface area contributed by atoms with Crippen molar-refractivity contribution < 1.29 is 0 Å². The van der Waals surface area contributed by atoms with Gasteiger partial charge in [0.1, 0.15) is 5.82 Å². The van der Waals surface area contributed by atoms with Crippen molar-refractivity contribution in [2.24, 2.45) is 0 Å². The highest BCUT2D eigenvalue weighted by Gasteiger charge is 2.20. The Labute approximate surface area is 157 Å². The number of nitrogens with one attached hydrogen (secondary N) is 1. The predicted octanol–water partition coefficient (Wildman–Crippen LogP) is 5.29. The lowest BCUT2D eigenvalue weighted by Crippen LogP contribution is -1.94. The van der Waals surface area contributed by atoms with E-state index >= 15 is 0 Å². The third-order valence-electron chi connectivity index (χ3n) is 4.90. The summed E-state index contributed by atoms with van der Waals surface area (Å²) in [7, 11) is 0. The molecular weight excluding hydrogens is 340 g/mol. The fourth-order valence-corrected chi connectivity index (χ4v) is 4.23. The predicted molar refractivity (Wildman–Crippen MR) is 104 cm³/mol. The second-order valence-electron chi connectivity index (χ2n) is 6.63. The lowest BCUT2D eigenvalue weighted by Gasteiger charge is -2.05. The lowest BCUT2D eigenvalue weighted by atomic mass is 10.00. The van der Waals surface area contributed by atoms with E-state index in [2.05, 4.69) is 45.5 Å². The zero-order chi connectivity index (χ0) is 17.8. The molecule has 1 aliphatic carbocycles. The van der Waals surface area contributed by atoms with Crippen LogP contribution in [0.5, 0.6) is 0 Å². The van der Waals surface area contributed by atoms with E-state index in [1.165, 1.54) is 31.2 Å². The van der Waals surface area contributed by atoms with E-state index in [9.17, 15) is 5.26 Å². The fourth-order valence-electron chi connectivity index (χ4n) is 3.47. The van der Waals surface area contributed by atoms with Crippen LogP contribution in [0.25, 0.3) is 11.1 Å². The molecule has 5 heteroatoms. The van der Waals surface area contributed by atoms with Gasteiger partial charge in [-0.2, -0.15) is 5.26 Å². The molecule has 3 aromatic rings. The summed E-state index contributed by atoms with van der Waals surface area (Å²) >= 11 is 1.66. The van der Waals surface area contributed by atoms with E-state index in [0.717, 1.165) is 27.9 Å². The normalized spacial score (nSPS) is 14.4. The highest BCUT2D eigenvalue weighted by Crippen LogP contribution is 2.33. The standard InChI is InChI=1S/C21H20N4S/c22-13-18-7-3-4-8-19(18)16-11-9-15(10-12-16)14-26-21-23-20(24-25-21)17-5-1-2-6-17/h3-4,7-12,17H,1-2,5-6,14H2,(H,23,24,25). The summed E-state index contributed by atoms with van der Waals surface area (Å²) < 4.78 is 0. The van der Waals surface area contributed by atoms with E-state index < -0.39 is 0 Å². The molecule has 0 saturated heterocycles. The summed E-state index contributed by atoms with van der Waals surface area (Å²) in [5.74, 6) is 2.45. The molecule has 0 unspecified atom stereocenters. The average molecular weight is 360 g/mol. The van der Waals surface area contributed by atoms with Gasteiger partial charge in [-0.25, -0.2) is 4.98 Å². The minimum absolute atomic E-state index is 0.566. The van der Waals surface area contributed by atoms with Crippen molar-refractivity contribution in [3.63, 3.8) is 0 Å². The van der Waals surface area contributed by atoms with E-state index in [4.69, 9.17) is 0 Å². The first kappa shape index (κ1) is 16.9. The molecule has 1 aromatic heterocycles. The number of hydrogen-bond donors (Lipinski definition) is 1. The molecule has 1 aliphatic rings. The third-order valence-corrected chi connectivity index (χ3v) is 5.82. The number of nitrogens with zero attached hydrogens (tertiary/aromatic N) is 3. The fraction of sp³-hybridized carbons (Fsp3) is 0.286. The molecule has 0 aliphatic heterocycles. The van der Waals surface area contributed by atoms with Crippen molar-refractivity contribution in [2.75, 3.05) is 0 Å². The van der Waals surface area contributed by atoms with Gasteiger partial charge in [-0.05, 0) is 35.6 Å². The number of hydrogen-bond acceptors (Lipinski definition) is 4. The Bertz CT molecular complexity index is 918. The van der Waals surface area contributed by atoms with Crippen molar-refractivity contribution in [2.45, 2.75) is 42.5 Å². The summed E-state index contributed by atoms with van der Waals surface area (Å²) in [6, 6.07) is 18.3. The van der Waals surface area contributed by atoms with E-state index in [-0.39, 0.29) is 0 Å². The maximum Gasteiger partial charge on any atom is 0.208 e. The molecule has 1 fully saturated rings. The number of aromatic amines is 1. The van der Waals surface area contributed by atoms with Gasteiger partial charge < -0.3 is 0 Å². The maximum absolute atomic E-state index is 9.25. The van der Waals surface area contributed by atoms with Crippen LogP contribution in [-0.2, 0) is 5.75 Å². The van der Waals surface area contributed by atoms with Crippen LogP contribution in [0.1, 0.15) is 48.6 Å². The van der Waals surface area contributed by atoms with Gasteiger partial charge in [0.2, 0.25) is 5.16 Å². The molecule has 26 heavy (non-hydrogen) atoms. The molecule has 4 nitrogen and oxygen atoms in total. The topological polar surface area (TPSA) is 65.4 Å². The Morgan fingerprint density at radius 1 is 1.08 bits per heavy atom. The minimum atomic E-state index is 0.566. The van der Waals surface area contributed by atoms with Crippen molar-refractivity contribution in [3.8, 4) is 17.2 Å². The number of rotatable bonds is 5. The molecular formula is C21H20N4S. The second-order valence-corrected chi connectivity index (χ2v) is 7.57. The van der Waals surface area contributed by atoms with Crippen molar-refractivity contribution in [3.05, 3.63) is 65.5 Å². The highest BCUT2D eigenvalue weighted by molar-refractivity contribution is 7.98. The van der Waals surface area contributed by atoms with E-state index in [1.807, 2.05) is 24.3 Å². The first-order chi connectivity index (χ1) is 12.8. The molecule has 0 radical (unpaired) electrons. The highest BCUT2D eigenvalue weighted by atomic mass is 32.2. The number of thioether (sulfide) groups is 1. The monoisotopic (exact) mass is 360 g/mol. The number of H-pyrrole nitrogens is 1. The summed E-state index contributed by atoms with van der Waals surface area (Å²) in [5.41, 5.74) is 3.97. The van der Waals surface area contributed by atoms with Gasteiger partial charge >= 0.3 is 0 Å². The van der Waals surface area contributed by atoms with Gasteiger partial charge in [0.25, 0.3) is 0 Å². The van der Waals surface area contributed by atoms with Gasteiger partial charge in [-0.15, -0.1) is 5.10 Å². The summed E-state index contributed by atoms with van der Waals surface area (Å²) in [6.07, 6.45) is 5.06. The summed E-state index contributed by atoms with van der Waals surface area (Å²) in [4.78, 5) is 4.66. The zero-order valence-electron chi connectivity index (χ0n) is 14.5. The van der Waals surface area contributed by atoms with Gasteiger partial charge in [0.15, 0.2) is 0 Å². The Morgan fingerprint density at radius 2 is 1.85 bits per heavy atom. The number of nitriles is 1. The summed E-state index contributed by atoms with van der Waals surface area (Å²) in [5, 5.41) is 17.5. The van der Waals surface area contributed by atoms with Crippen LogP contribution in [0.4, 0.5) is 0 Å². The molecule has 4 rings (SSSR count). The van der Waals surface area contributed by atoms with Gasteiger partial charge in [0, 0.05) is 11.7 Å². The third kappa shape index (κ3) is 3.66. The van der Waals surface area contributed by atoms with Crippen molar-refractivity contribution in [1.82, 2.24) is 15.2 Å². The number of benzene rings is 2. The van der Waals surface area contributed by atoms with Crippen LogP contribution in [-0.4, -0.2) is 15.2 Å². The molecule has 1 N–H and O–H groups in total. The minimum Gasteiger partial charge on any atom is -0.262 e. The Hall–Kier alpha value is -2.58. The first-order valence-corrected chi connectivity index (χ1v) is 9.95. The first-order valence-electron chi connectivity index (χ1n) is 8.97.